The number of hydrogen-bond donors (Lipinski definition) is 2. The second-order valence-electron chi connectivity index (χ2n) is 4.28. The van der Waals surface area contributed by atoms with Crippen LogP contribution in [0.5, 0.6) is 0 Å². The zero-order chi connectivity index (χ0) is 14.1. The molecule has 0 aliphatic heterocycles. The summed E-state index contributed by atoms with van der Waals surface area (Å²) in [5.41, 5.74) is 2.63. The topological polar surface area (TPSA) is 89.8 Å². The number of hydrogen-bond acceptors (Lipinski definition) is 3. The van der Waals surface area contributed by atoms with E-state index in [1.54, 1.807) is 36.4 Å². The maximum Gasteiger partial charge on any atom is 0.337 e. The number of para-hydroxylation sites is 1. The van der Waals surface area contributed by atoms with Gasteiger partial charge >= 0.3 is 5.97 Å². The van der Waals surface area contributed by atoms with Gasteiger partial charge in [0.1, 0.15) is 11.3 Å². The Morgan fingerprint density at radius 2 is 1.95 bits per heavy atom. The third-order valence-corrected chi connectivity index (χ3v) is 3.03. The highest BCUT2D eigenvalue weighted by Crippen LogP contribution is 2.23. The number of benzene rings is 2. The molecule has 3 aromatic rings. The first-order valence-corrected chi connectivity index (χ1v) is 5.91. The molecule has 0 amide bonds. The lowest BCUT2D eigenvalue weighted by molar-refractivity contribution is 0.0699. The third kappa shape index (κ3) is 1.89. The van der Waals surface area contributed by atoms with Crippen LogP contribution in [0, 0.1) is 11.3 Å². The molecule has 0 aliphatic carbocycles. The number of fused-ring (bicyclic) bond motifs is 1. The fourth-order valence-corrected chi connectivity index (χ4v) is 2.04. The molecule has 5 heteroatoms. The van der Waals surface area contributed by atoms with E-state index in [-0.39, 0.29) is 5.56 Å². The first kappa shape index (κ1) is 11.9. The minimum atomic E-state index is -1.01. The normalized spacial score (nSPS) is 10.3. The van der Waals surface area contributed by atoms with E-state index in [2.05, 4.69) is 9.97 Å². The van der Waals surface area contributed by atoms with E-state index < -0.39 is 5.97 Å². The number of aromatic nitrogens is 2. The Kier molecular flexibility index (Phi) is 2.70. The molecule has 0 spiro atoms. The van der Waals surface area contributed by atoms with Gasteiger partial charge in [-0.1, -0.05) is 6.07 Å². The summed E-state index contributed by atoms with van der Waals surface area (Å²) in [4.78, 5) is 18.6. The Hall–Kier alpha value is -3.13. The number of imidazole rings is 1. The fraction of sp³-hybridized carbons (Fsp3) is 0. The van der Waals surface area contributed by atoms with Crippen LogP contribution in [-0.4, -0.2) is 21.0 Å². The number of carbonyl (C=O) groups is 1. The summed E-state index contributed by atoms with van der Waals surface area (Å²) in [6.07, 6.45) is 0. The zero-order valence-electron chi connectivity index (χ0n) is 10.3. The van der Waals surface area contributed by atoms with Crippen molar-refractivity contribution in [3.63, 3.8) is 0 Å². The summed E-state index contributed by atoms with van der Waals surface area (Å²) in [6.45, 7) is 0. The van der Waals surface area contributed by atoms with Gasteiger partial charge in [-0.25, -0.2) is 9.78 Å². The monoisotopic (exact) mass is 263 g/mol. The van der Waals surface area contributed by atoms with Gasteiger partial charge in [0.15, 0.2) is 0 Å². The first-order chi connectivity index (χ1) is 9.69. The molecule has 2 aromatic carbocycles. The number of H-pyrrole nitrogens is 1. The van der Waals surface area contributed by atoms with E-state index in [0.717, 1.165) is 5.56 Å². The summed E-state index contributed by atoms with van der Waals surface area (Å²) in [5, 5.41) is 17.9. The van der Waals surface area contributed by atoms with Crippen LogP contribution in [-0.2, 0) is 0 Å². The number of carboxylic acids is 1. The average molecular weight is 263 g/mol. The molecule has 0 aliphatic rings. The van der Waals surface area contributed by atoms with Crippen molar-refractivity contribution in [1.82, 2.24) is 9.97 Å². The number of nitriles is 1. The molecule has 0 saturated heterocycles. The first-order valence-electron chi connectivity index (χ1n) is 5.91. The molecule has 0 saturated carbocycles. The number of aromatic amines is 1. The fourth-order valence-electron chi connectivity index (χ4n) is 2.04. The van der Waals surface area contributed by atoms with Crippen LogP contribution in [0.3, 0.4) is 0 Å². The lowest BCUT2D eigenvalue weighted by atomic mass is 10.1. The quantitative estimate of drug-likeness (QED) is 0.743. The van der Waals surface area contributed by atoms with Crippen LogP contribution < -0.4 is 0 Å². The highest BCUT2D eigenvalue weighted by atomic mass is 16.4. The predicted octanol–water partition coefficient (Wildman–Crippen LogP) is 2.80. The van der Waals surface area contributed by atoms with Gasteiger partial charge in [-0.2, -0.15) is 5.26 Å². The van der Waals surface area contributed by atoms with Crippen molar-refractivity contribution in [2.24, 2.45) is 0 Å². The Labute approximate surface area is 114 Å². The van der Waals surface area contributed by atoms with Crippen molar-refractivity contribution in [3.05, 3.63) is 53.6 Å². The molecule has 5 nitrogen and oxygen atoms in total. The Balaban J connectivity index is 2.15. The minimum Gasteiger partial charge on any atom is -0.478 e. The highest BCUT2D eigenvalue weighted by molar-refractivity contribution is 6.01. The predicted molar refractivity (Wildman–Crippen MR) is 73.2 cm³/mol. The van der Waals surface area contributed by atoms with Gasteiger partial charge in [0.05, 0.1) is 22.7 Å². The van der Waals surface area contributed by atoms with Crippen LogP contribution in [0.25, 0.3) is 22.4 Å². The SMILES string of the molecule is N#Cc1ccc(-c2nc3c(C(=O)O)cccc3[nH]2)cc1. The van der Waals surface area contributed by atoms with E-state index in [4.69, 9.17) is 10.4 Å². The van der Waals surface area contributed by atoms with E-state index in [0.29, 0.717) is 22.4 Å². The van der Waals surface area contributed by atoms with Gasteiger partial charge in [-0.15, -0.1) is 0 Å². The van der Waals surface area contributed by atoms with Crippen molar-refractivity contribution < 1.29 is 9.90 Å². The molecule has 0 bridgehead atoms. The van der Waals surface area contributed by atoms with Crippen molar-refractivity contribution in [2.45, 2.75) is 0 Å². The second-order valence-corrected chi connectivity index (χ2v) is 4.28. The molecule has 0 unspecified atom stereocenters. The van der Waals surface area contributed by atoms with Crippen LogP contribution in [0.15, 0.2) is 42.5 Å². The molecule has 0 atom stereocenters. The minimum absolute atomic E-state index is 0.165. The number of nitrogens with one attached hydrogen (secondary N) is 1. The smallest absolute Gasteiger partial charge is 0.337 e. The molecule has 2 N–H and O–H groups in total. The van der Waals surface area contributed by atoms with Gasteiger partial charge in [-0.05, 0) is 36.4 Å². The van der Waals surface area contributed by atoms with Crippen LogP contribution in [0.4, 0.5) is 0 Å². The van der Waals surface area contributed by atoms with E-state index >= 15 is 0 Å². The summed E-state index contributed by atoms with van der Waals surface area (Å²) in [7, 11) is 0. The summed E-state index contributed by atoms with van der Waals surface area (Å²) in [5.74, 6) is -0.424. The van der Waals surface area contributed by atoms with Crippen molar-refractivity contribution in [1.29, 1.82) is 5.26 Å². The molecule has 1 aromatic heterocycles. The van der Waals surface area contributed by atoms with E-state index in [1.807, 2.05) is 6.07 Å². The van der Waals surface area contributed by atoms with Crippen molar-refractivity contribution in [3.8, 4) is 17.5 Å². The van der Waals surface area contributed by atoms with E-state index in [9.17, 15) is 4.79 Å². The third-order valence-electron chi connectivity index (χ3n) is 3.03. The number of carboxylic acid groups (broad SMARTS) is 1. The van der Waals surface area contributed by atoms with Gasteiger partial charge in [0.25, 0.3) is 0 Å². The molecule has 1 heterocycles. The van der Waals surface area contributed by atoms with Crippen molar-refractivity contribution in [2.75, 3.05) is 0 Å². The Bertz CT molecular complexity index is 842. The number of rotatable bonds is 2. The maximum absolute atomic E-state index is 11.2. The molecular formula is C15H9N3O2. The summed E-state index contributed by atoms with van der Waals surface area (Å²) >= 11 is 0. The van der Waals surface area contributed by atoms with Crippen LogP contribution in [0.2, 0.25) is 0 Å². The second kappa shape index (κ2) is 4.52. The number of nitrogens with zero attached hydrogens (tertiary/aromatic N) is 2. The number of aromatic carboxylic acids is 1. The lowest BCUT2D eigenvalue weighted by Gasteiger charge is -1.95. The van der Waals surface area contributed by atoms with Crippen LogP contribution >= 0.6 is 0 Å². The molecule has 96 valence electrons. The van der Waals surface area contributed by atoms with Crippen molar-refractivity contribution >= 4 is 17.0 Å². The zero-order valence-corrected chi connectivity index (χ0v) is 10.3. The Morgan fingerprint density at radius 3 is 2.60 bits per heavy atom. The average Bonchev–Trinajstić information content (AvgIpc) is 2.90. The van der Waals surface area contributed by atoms with Gasteiger partial charge < -0.3 is 10.1 Å². The standard InChI is InChI=1S/C15H9N3O2/c16-8-9-4-6-10(7-5-9)14-17-12-3-1-2-11(15(19)20)13(12)18-14/h1-7H,(H,17,18)(H,19,20). The van der Waals surface area contributed by atoms with Gasteiger partial charge in [-0.3, -0.25) is 0 Å². The summed E-state index contributed by atoms with van der Waals surface area (Å²) in [6, 6.07) is 14.0. The Morgan fingerprint density at radius 1 is 1.20 bits per heavy atom. The van der Waals surface area contributed by atoms with Gasteiger partial charge in [0.2, 0.25) is 0 Å². The largest absolute Gasteiger partial charge is 0.478 e. The summed E-state index contributed by atoms with van der Waals surface area (Å²) < 4.78 is 0. The van der Waals surface area contributed by atoms with Gasteiger partial charge in [0, 0.05) is 5.56 Å². The highest BCUT2D eigenvalue weighted by Gasteiger charge is 2.13. The molecule has 3 rings (SSSR count). The lowest BCUT2D eigenvalue weighted by Crippen LogP contribution is -1.96. The molecule has 0 fully saturated rings. The molecule has 0 radical (unpaired) electrons. The van der Waals surface area contributed by atoms with Crippen LogP contribution in [0.1, 0.15) is 15.9 Å². The molecular weight excluding hydrogens is 254 g/mol. The molecule has 20 heavy (non-hydrogen) atoms. The maximum atomic E-state index is 11.2. The van der Waals surface area contributed by atoms with E-state index in [1.165, 1.54) is 6.07 Å².